The molecule has 1 atom stereocenters. The van der Waals surface area contributed by atoms with Crippen molar-refractivity contribution in [3.63, 3.8) is 0 Å². The second-order valence-electron chi connectivity index (χ2n) is 8.14. The van der Waals surface area contributed by atoms with Gasteiger partial charge in [-0.2, -0.15) is 4.37 Å². The quantitative estimate of drug-likeness (QED) is 0.236. The lowest BCUT2D eigenvalue weighted by atomic mass is 10.0. The normalized spacial score (nSPS) is 15.2. The highest BCUT2D eigenvalue weighted by atomic mass is 32.1. The number of aldehydes is 1. The Bertz CT molecular complexity index is 1300. The van der Waals surface area contributed by atoms with Crippen molar-refractivity contribution in [2.75, 3.05) is 43.6 Å². The summed E-state index contributed by atoms with van der Waals surface area (Å²) < 4.78 is 15.4. The summed E-state index contributed by atoms with van der Waals surface area (Å²) in [5, 5.41) is 12.5. The number of aliphatic imine (C=N–C) groups is 2. The largest absolute Gasteiger partial charge is 0.407 e. The van der Waals surface area contributed by atoms with Gasteiger partial charge in [0.2, 0.25) is 12.1 Å². The molecule has 0 saturated carbocycles. The number of ether oxygens (including phenoxy) is 2. The van der Waals surface area contributed by atoms with Crippen molar-refractivity contribution in [3.8, 4) is 0 Å². The lowest BCUT2D eigenvalue weighted by molar-refractivity contribution is -0.108. The van der Waals surface area contributed by atoms with Gasteiger partial charge in [0.05, 0.1) is 30.2 Å². The van der Waals surface area contributed by atoms with Gasteiger partial charge in [-0.05, 0) is 24.5 Å². The maximum atomic E-state index is 12.0. The third-order valence-electron chi connectivity index (χ3n) is 5.72. The molecule has 2 aromatic carbocycles. The fourth-order valence-electron chi connectivity index (χ4n) is 3.94. The lowest BCUT2D eigenvalue weighted by Crippen LogP contribution is -2.36. The Balaban J connectivity index is 1.61. The molecule has 0 spiro atoms. The molecular formula is C26H29N7O3S. The Morgan fingerprint density at radius 1 is 1.19 bits per heavy atom. The summed E-state index contributed by atoms with van der Waals surface area (Å²) in [7, 11) is 1.82. The van der Waals surface area contributed by atoms with Crippen LogP contribution in [-0.2, 0) is 14.3 Å². The van der Waals surface area contributed by atoms with Gasteiger partial charge in [-0.1, -0.05) is 48.5 Å². The topological polar surface area (TPSA) is 138 Å². The number of nitrogens with zero attached hydrogens (tertiary/aromatic N) is 4. The number of nitrogens with two attached hydrogens (primary N) is 1. The van der Waals surface area contributed by atoms with Gasteiger partial charge in [-0.3, -0.25) is 10.2 Å². The number of nitrogens with one attached hydrogen (secondary N) is 2. The van der Waals surface area contributed by atoms with Crippen molar-refractivity contribution >= 4 is 46.1 Å². The highest BCUT2D eigenvalue weighted by Crippen LogP contribution is 2.30. The Labute approximate surface area is 219 Å². The minimum Gasteiger partial charge on any atom is -0.407 e. The molecule has 37 heavy (non-hydrogen) atoms. The summed E-state index contributed by atoms with van der Waals surface area (Å²) in [6, 6.07) is 16.8. The van der Waals surface area contributed by atoms with Crippen LogP contribution in [0.5, 0.6) is 0 Å². The molecular weight excluding hydrogens is 490 g/mol. The van der Waals surface area contributed by atoms with E-state index in [1.54, 1.807) is 0 Å². The van der Waals surface area contributed by atoms with E-state index in [9.17, 15) is 4.79 Å². The minimum atomic E-state index is -1.17. The molecule has 1 saturated heterocycles. The first-order valence-electron chi connectivity index (χ1n) is 11.8. The van der Waals surface area contributed by atoms with Crippen LogP contribution in [0.1, 0.15) is 22.4 Å². The Hall–Kier alpha value is -4.09. The smallest absolute Gasteiger partial charge is 0.291 e. The third kappa shape index (κ3) is 6.19. The number of hydrogen-bond donors (Lipinski definition) is 3. The highest BCUT2D eigenvalue weighted by Gasteiger charge is 2.24. The van der Waals surface area contributed by atoms with Crippen LogP contribution < -0.4 is 16.0 Å². The number of rotatable bonds is 8. The Morgan fingerprint density at radius 2 is 1.89 bits per heavy atom. The van der Waals surface area contributed by atoms with Crippen LogP contribution in [-0.4, -0.2) is 67.8 Å². The number of morpholine rings is 1. The molecule has 1 unspecified atom stereocenters. The van der Waals surface area contributed by atoms with Gasteiger partial charge in [-0.25, -0.2) is 9.98 Å². The Kier molecular flexibility index (Phi) is 8.60. The van der Waals surface area contributed by atoms with Gasteiger partial charge in [0, 0.05) is 37.0 Å². The molecule has 0 radical (unpaired) electrons. The van der Waals surface area contributed by atoms with Gasteiger partial charge >= 0.3 is 0 Å². The van der Waals surface area contributed by atoms with Crippen molar-refractivity contribution < 1.29 is 14.3 Å². The third-order valence-corrected chi connectivity index (χ3v) is 6.72. The number of aromatic nitrogens is 1. The zero-order chi connectivity index (χ0) is 26.2. The summed E-state index contributed by atoms with van der Waals surface area (Å²) in [6.07, 6.45) is -0.588. The summed E-state index contributed by atoms with van der Waals surface area (Å²) in [6.45, 7) is 4.42. The van der Waals surface area contributed by atoms with Crippen molar-refractivity contribution in [3.05, 3.63) is 77.0 Å². The predicted octanol–water partition coefficient (Wildman–Crippen LogP) is 3.05. The van der Waals surface area contributed by atoms with E-state index in [2.05, 4.69) is 24.6 Å². The zero-order valence-electron chi connectivity index (χ0n) is 20.7. The molecule has 2 heterocycles. The molecule has 11 heteroatoms. The summed E-state index contributed by atoms with van der Waals surface area (Å²) in [5.41, 5.74) is 10.3. The summed E-state index contributed by atoms with van der Waals surface area (Å²) >= 11 is 1.30. The van der Waals surface area contributed by atoms with Crippen LogP contribution >= 0.6 is 11.5 Å². The van der Waals surface area contributed by atoms with E-state index in [1.807, 2.05) is 68.6 Å². The molecule has 3 aromatic rings. The zero-order valence-corrected chi connectivity index (χ0v) is 21.5. The number of para-hydroxylation sites is 1. The molecule has 192 valence electrons. The first kappa shape index (κ1) is 26.0. The number of amidine groups is 1. The maximum Gasteiger partial charge on any atom is 0.291 e. The molecule has 10 nitrogen and oxygen atoms in total. The lowest BCUT2D eigenvalue weighted by Gasteiger charge is -2.28. The summed E-state index contributed by atoms with van der Waals surface area (Å²) in [5.74, 6) is -0.188. The molecule has 1 aliphatic heterocycles. The van der Waals surface area contributed by atoms with Gasteiger partial charge in [0.25, 0.3) is 6.02 Å². The number of carbonyl (C=O) groups excluding carboxylic acids is 1. The van der Waals surface area contributed by atoms with Gasteiger partial charge < -0.3 is 25.4 Å². The van der Waals surface area contributed by atoms with Gasteiger partial charge in [-0.15, -0.1) is 0 Å². The van der Waals surface area contributed by atoms with Gasteiger partial charge in [0.15, 0.2) is 6.29 Å². The average molecular weight is 520 g/mol. The second-order valence-corrected chi connectivity index (χ2v) is 8.89. The van der Waals surface area contributed by atoms with E-state index in [-0.39, 0.29) is 11.9 Å². The van der Waals surface area contributed by atoms with Crippen LogP contribution in [0, 0.1) is 12.3 Å². The van der Waals surface area contributed by atoms with Crippen LogP contribution in [0.4, 0.5) is 10.7 Å². The van der Waals surface area contributed by atoms with E-state index < -0.39 is 6.17 Å². The number of anilines is 2. The predicted molar refractivity (Wildman–Crippen MR) is 147 cm³/mol. The van der Waals surface area contributed by atoms with Crippen LogP contribution in [0.3, 0.4) is 0 Å². The first-order chi connectivity index (χ1) is 18.0. The fourth-order valence-corrected chi connectivity index (χ4v) is 4.88. The van der Waals surface area contributed by atoms with Crippen molar-refractivity contribution in [1.82, 2.24) is 4.37 Å². The van der Waals surface area contributed by atoms with E-state index in [1.165, 1.54) is 11.5 Å². The van der Waals surface area contributed by atoms with Crippen molar-refractivity contribution in [1.29, 1.82) is 5.41 Å². The molecule has 0 amide bonds. The van der Waals surface area contributed by atoms with E-state index >= 15 is 0 Å². The van der Waals surface area contributed by atoms with Crippen LogP contribution in [0.25, 0.3) is 0 Å². The van der Waals surface area contributed by atoms with Crippen molar-refractivity contribution in [2.24, 2.45) is 15.7 Å². The molecule has 0 aliphatic carbocycles. The minimum absolute atomic E-state index is 0.188. The monoisotopic (exact) mass is 519 g/mol. The molecule has 4 N–H and O–H groups in total. The van der Waals surface area contributed by atoms with Crippen molar-refractivity contribution in [2.45, 2.75) is 13.1 Å². The van der Waals surface area contributed by atoms with E-state index in [0.29, 0.717) is 49.6 Å². The molecule has 1 fully saturated rings. The van der Waals surface area contributed by atoms with Crippen LogP contribution in [0.15, 0.2) is 64.6 Å². The molecule has 1 aliphatic rings. The van der Waals surface area contributed by atoms with Gasteiger partial charge in [0.1, 0.15) is 5.00 Å². The second kappa shape index (κ2) is 12.2. The SMILES string of the molecule is CNc1ccccc1C(=NC(C=O)N=C(N)OC(=N)c1c(C)nsc1N1CCOCC1)c1ccccc1. The van der Waals surface area contributed by atoms with E-state index in [0.717, 1.165) is 21.8 Å². The van der Waals surface area contributed by atoms with Crippen LogP contribution in [0.2, 0.25) is 0 Å². The Morgan fingerprint density at radius 3 is 2.59 bits per heavy atom. The first-order valence-corrected chi connectivity index (χ1v) is 12.5. The summed E-state index contributed by atoms with van der Waals surface area (Å²) in [4.78, 5) is 22.9. The average Bonchev–Trinajstić information content (AvgIpc) is 3.33. The number of carbonyl (C=O) groups is 1. The molecule has 1 aromatic heterocycles. The number of aryl methyl sites for hydroxylation is 1. The standard InChI is InChI=1S/C26H29N7O3S/c1-17-22(25(37-32-17)33-12-14-35-15-13-33)24(27)36-26(28)31-21(16-34)30-23(18-8-4-3-5-9-18)19-10-6-7-11-20(19)29-2/h3-11,16,21,27,29H,12-15H2,1-2H3,(H2,28,31). The van der Waals surface area contributed by atoms with E-state index in [4.69, 9.17) is 20.6 Å². The highest BCUT2D eigenvalue weighted by molar-refractivity contribution is 7.10. The fraction of sp³-hybridized carbons (Fsp3) is 0.269. The molecule has 0 bridgehead atoms. The number of hydrogen-bond acceptors (Lipinski definition) is 10. The number of benzene rings is 2. The maximum absolute atomic E-state index is 12.0. The molecule has 4 rings (SSSR count).